The van der Waals surface area contributed by atoms with Crippen LogP contribution >= 0.6 is 0 Å². The molecule has 11 atom stereocenters. The van der Waals surface area contributed by atoms with Gasteiger partial charge in [0, 0.05) is 39.1 Å². The highest BCUT2D eigenvalue weighted by molar-refractivity contribution is 5.86. The summed E-state index contributed by atoms with van der Waals surface area (Å²) in [4.78, 5) is 41.4. The molecule has 13 nitrogen and oxygen atoms in total. The quantitative estimate of drug-likeness (QED) is 0.169. The van der Waals surface area contributed by atoms with Crippen molar-refractivity contribution in [2.24, 2.45) is 36.6 Å². The molecule has 0 radical (unpaired) electrons. The lowest BCUT2D eigenvalue weighted by Gasteiger charge is -2.44. The van der Waals surface area contributed by atoms with Crippen molar-refractivity contribution in [3.05, 3.63) is 48.1 Å². The van der Waals surface area contributed by atoms with Gasteiger partial charge >= 0.3 is 17.9 Å². The number of aromatic nitrogens is 2. The minimum Gasteiger partial charge on any atom is -0.456 e. The van der Waals surface area contributed by atoms with Gasteiger partial charge in [-0.15, -0.1) is 0 Å². The maximum Gasteiger partial charge on any atom is 0.331 e. The van der Waals surface area contributed by atoms with Crippen molar-refractivity contribution in [1.29, 1.82) is 0 Å². The first kappa shape index (κ1) is 36.9. The number of aliphatic hydroxyl groups is 2. The number of carbonyl (C=O) groups excluding carboxylic acids is 3. The van der Waals surface area contributed by atoms with Crippen molar-refractivity contribution in [2.75, 3.05) is 13.2 Å². The molecule has 1 aliphatic carbocycles. The Hall–Kier alpha value is -3.36. The summed E-state index contributed by atoms with van der Waals surface area (Å²) >= 11 is 0. The van der Waals surface area contributed by atoms with Crippen LogP contribution in [-0.4, -0.2) is 93.0 Å². The van der Waals surface area contributed by atoms with Gasteiger partial charge in [0.05, 0.1) is 25.2 Å². The molecule has 2 saturated heterocycles. The van der Waals surface area contributed by atoms with Gasteiger partial charge in [0.15, 0.2) is 24.3 Å². The van der Waals surface area contributed by atoms with E-state index in [1.807, 2.05) is 7.05 Å². The Morgan fingerprint density at radius 1 is 1.12 bits per heavy atom. The molecule has 5 rings (SSSR count). The van der Waals surface area contributed by atoms with Crippen LogP contribution in [0, 0.1) is 29.6 Å². The molecule has 0 unspecified atom stereocenters. The highest BCUT2D eigenvalue weighted by atomic mass is 16.7. The van der Waals surface area contributed by atoms with Gasteiger partial charge in [-0.3, -0.25) is 9.59 Å². The first-order valence-electron chi connectivity index (χ1n) is 17.0. The summed E-state index contributed by atoms with van der Waals surface area (Å²) in [5.74, 6) is -3.66. The van der Waals surface area contributed by atoms with Gasteiger partial charge in [-0.1, -0.05) is 25.5 Å². The van der Waals surface area contributed by atoms with Gasteiger partial charge in [0.25, 0.3) is 0 Å². The maximum atomic E-state index is 13.2. The van der Waals surface area contributed by atoms with E-state index in [1.165, 1.54) is 25.5 Å². The molecule has 2 bridgehead atoms. The third-order valence-electron chi connectivity index (χ3n) is 10.3. The fourth-order valence-electron chi connectivity index (χ4n) is 7.78. The SMILES string of the molecule is CC(=O)O[C@@H]1[C@H](OC[C@H]2C[C@H]3[C@H](C[C@@H](OC(=O)/C=C/c4cn(C)cn4)[C@@]4(C)C=C[C@]2(O)O4)C(C)=CC[C@H]3C(C)C)OC[C@H](O)[C@@H]1OC(C)=O. The Bertz CT molecular complexity index is 1470. The zero-order valence-corrected chi connectivity index (χ0v) is 29.3. The van der Waals surface area contributed by atoms with Gasteiger partial charge in [-0.2, -0.15) is 0 Å². The predicted molar refractivity (Wildman–Crippen MR) is 175 cm³/mol. The zero-order chi connectivity index (χ0) is 35.7. The maximum absolute atomic E-state index is 13.2. The molecule has 270 valence electrons. The van der Waals surface area contributed by atoms with E-state index in [9.17, 15) is 24.6 Å². The van der Waals surface area contributed by atoms with E-state index in [1.54, 1.807) is 42.2 Å². The number of nitrogens with zero attached hydrogens (tertiary/aromatic N) is 2. The molecule has 2 N–H and O–H groups in total. The van der Waals surface area contributed by atoms with Gasteiger partial charge in [0.1, 0.15) is 17.8 Å². The Balaban J connectivity index is 1.44. The number of ether oxygens (including phenoxy) is 6. The van der Waals surface area contributed by atoms with E-state index in [-0.39, 0.29) is 31.0 Å². The molecule has 3 aliphatic heterocycles. The highest BCUT2D eigenvalue weighted by Crippen LogP contribution is 2.51. The molecule has 0 aromatic carbocycles. The number of carbonyl (C=O) groups is 3. The minimum absolute atomic E-state index is 0.0150. The molecule has 0 amide bonds. The van der Waals surface area contributed by atoms with Gasteiger partial charge in [-0.25, -0.2) is 9.78 Å². The molecule has 4 aliphatic rings. The standard InChI is InChI=1S/C36H50N2O11/c1-20(2)26-10-8-21(3)27-15-30(48-31(42)11-9-25-16-38(7)19-37-25)35(6)12-13-36(43,49-35)24(14-28(26)27)17-44-34-33(47-23(5)40)32(46-22(4)39)29(41)18-45-34/h8-9,11-13,16,19-20,24,26-30,32-34,41,43H,10,14-15,17-18H2,1-7H3/b11-9+/t24-,26+,27-,28-,29+,30-,32+,33+,34-,35-,36+/m1/s1. The van der Waals surface area contributed by atoms with Crippen molar-refractivity contribution >= 4 is 24.0 Å². The number of imidazole rings is 1. The number of fused-ring (bicyclic) bond motifs is 3. The van der Waals surface area contributed by atoms with Gasteiger partial charge in [0.2, 0.25) is 0 Å². The second-order valence-corrected chi connectivity index (χ2v) is 14.4. The number of esters is 3. The Kier molecular flexibility index (Phi) is 11.2. The number of hydrogen-bond donors (Lipinski definition) is 2. The summed E-state index contributed by atoms with van der Waals surface area (Å²) in [6.45, 7) is 10.4. The number of rotatable bonds is 9. The number of allylic oxidation sites excluding steroid dienone is 2. The van der Waals surface area contributed by atoms with Crippen LogP contribution in [0.15, 0.2) is 42.4 Å². The first-order valence-corrected chi connectivity index (χ1v) is 17.0. The average Bonchev–Trinajstić information content (AvgIpc) is 3.59. The molecule has 2 fully saturated rings. The van der Waals surface area contributed by atoms with E-state index in [4.69, 9.17) is 28.4 Å². The molecule has 0 spiro atoms. The zero-order valence-electron chi connectivity index (χ0n) is 29.3. The van der Waals surface area contributed by atoms with Crippen LogP contribution in [0.4, 0.5) is 0 Å². The van der Waals surface area contributed by atoms with Crippen LogP contribution in [0.2, 0.25) is 0 Å². The summed E-state index contributed by atoms with van der Waals surface area (Å²) < 4.78 is 37.2. The first-order chi connectivity index (χ1) is 23.1. The normalized spacial score (nSPS) is 37.5. The van der Waals surface area contributed by atoms with Crippen molar-refractivity contribution < 1.29 is 53.0 Å². The fourth-order valence-corrected chi connectivity index (χ4v) is 7.78. The summed E-state index contributed by atoms with van der Waals surface area (Å²) in [5.41, 5.74) is 0.632. The molecule has 1 aromatic heterocycles. The molecular weight excluding hydrogens is 636 g/mol. The van der Waals surface area contributed by atoms with Crippen molar-refractivity contribution in [1.82, 2.24) is 9.55 Å². The third kappa shape index (κ3) is 8.34. The fraction of sp³-hybridized carbons (Fsp3) is 0.667. The van der Waals surface area contributed by atoms with Gasteiger partial charge in [-0.05, 0) is 75.0 Å². The molecular formula is C36H50N2O11. The summed E-state index contributed by atoms with van der Waals surface area (Å²) in [6, 6.07) is 0. The van der Waals surface area contributed by atoms with Crippen molar-refractivity contribution in [3.8, 4) is 0 Å². The smallest absolute Gasteiger partial charge is 0.331 e. The molecule has 4 heterocycles. The Morgan fingerprint density at radius 3 is 2.49 bits per heavy atom. The third-order valence-corrected chi connectivity index (χ3v) is 10.3. The number of aryl methyl sites for hydroxylation is 1. The lowest BCUT2D eigenvalue weighted by molar-refractivity contribution is -0.297. The summed E-state index contributed by atoms with van der Waals surface area (Å²) in [6.07, 6.45) is 8.18. The number of hydrogen-bond acceptors (Lipinski definition) is 12. The monoisotopic (exact) mass is 686 g/mol. The molecule has 13 heteroatoms. The summed E-state index contributed by atoms with van der Waals surface area (Å²) in [7, 11) is 1.84. The van der Waals surface area contributed by atoms with Crippen molar-refractivity contribution in [2.45, 2.75) is 103 Å². The topological polar surface area (TPSA) is 165 Å². The van der Waals surface area contributed by atoms with E-state index < -0.39 is 65.9 Å². The average molecular weight is 687 g/mol. The Morgan fingerprint density at radius 2 is 1.84 bits per heavy atom. The highest BCUT2D eigenvalue weighted by Gasteiger charge is 2.55. The molecule has 49 heavy (non-hydrogen) atoms. The van der Waals surface area contributed by atoms with Crippen LogP contribution in [-0.2, 0) is 49.9 Å². The molecule has 0 saturated carbocycles. The second-order valence-electron chi connectivity index (χ2n) is 14.4. The largest absolute Gasteiger partial charge is 0.456 e. The Labute approximate surface area is 287 Å². The number of aliphatic hydroxyl groups excluding tert-OH is 1. The van der Waals surface area contributed by atoms with Crippen LogP contribution in [0.1, 0.15) is 66.5 Å². The second kappa shape index (κ2) is 14.9. The van der Waals surface area contributed by atoms with Crippen LogP contribution in [0.3, 0.4) is 0 Å². The van der Waals surface area contributed by atoms with Crippen LogP contribution in [0.25, 0.3) is 6.08 Å². The predicted octanol–water partition coefficient (Wildman–Crippen LogP) is 3.24. The lowest BCUT2D eigenvalue weighted by atomic mass is 9.63. The lowest BCUT2D eigenvalue weighted by Crippen LogP contribution is -2.57. The molecule has 1 aromatic rings. The van der Waals surface area contributed by atoms with E-state index in [2.05, 4.69) is 31.8 Å². The summed E-state index contributed by atoms with van der Waals surface area (Å²) in [5, 5.41) is 22.8. The van der Waals surface area contributed by atoms with E-state index in [0.29, 0.717) is 24.5 Å². The minimum atomic E-state index is -1.81. The van der Waals surface area contributed by atoms with Crippen molar-refractivity contribution in [3.63, 3.8) is 0 Å². The van der Waals surface area contributed by atoms with Crippen LogP contribution in [0.5, 0.6) is 0 Å². The van der Waals surface area contributed by atoms with E-state index >= 15 is 0 Å². The van der Waals surface area contributed by atoms with E-state index in [0.717, 1.165) is 6.42 Å². The van der Waals surface area contributed by atoms with Crippen LogP contribution < -0.4 is 0 Å². The van der Waals surface area contributed by atoms with Gasteiger partial charge < -0.3 is 43.2 Å².